The van der Waals surface area contributed by atoms with E-state index in [9.17, 15) is 9.59 Å². The second-order valence-electron chi connectivity index (χ2n) is 9.65. The number of ether oxygens (including phenoxy) is 1. The Labute approximate surface area is 233 Å². The van der Waals surface area contributed by atoms with Crippen molar-refractivity contribution in [1.82, 2.24) is 14.4 Å². The number of urea groups is 1. The predicted octanol–water partition coefficient (Wildman–Crippen LogP) is 6.41. The molecule has 0 radical (unpaired) electrons. The van der Waals surface area contributed by atoms with E-state index in [-0.39, 0.29) is 11.9 Å². The molecule has 200 valence electrons. The maximum Gasteiger partial charge on any atom is 0.321 e. The molecule has 1 aliphatic rings. The van der Waals surface area contributed by atoms with Crippen LogP contribution in [0.4, 0.5) is 10.5 Å². The van der Waals surface area contributed by atoms with Gasteiger partial charge < -0.3 is 24.4 Å². The summed E-state index contributed by atoms with van der Waals surface area (Å²) in [6, 6.07) is 24.9. The summed E-state index contributed by atoms with van der Waals surface area (Å²) in [6.45, 7) is 5.78. The highest BCUT2D eigenvalue weighted by atomic mass is 35.5. The molecule has 8 heteroatoms. The van der Waals surface area contributed by atoms with Crippen molar-refractivity contribution < 1.29 is 14.3 Å². The van der Waals surface area contributed by atoms with E-state index >= 15 is 0 Å². The Hall–Kier alpha value is -4.23. The van der Waals surface area contributed by atoms with E-state index in [1.807, 2.05) is 97.6 Å². The van der Waals surface area contributed by atoms with Gasteiger partial charge in [-0.3, -0.25) is 4.79 Å². The van der Waals surface area contributed by atoms with Gasteiger partial charge >= 0.3 is 6.03 Å². The Balaban J connectivity index is 1.38. The van der Waals surface area contributed by atoms with Crippen LogP contribution in [-0.2, 0) is 0 Å². The van der Waals surface area contributed by atoms with E-state index in [1.165, 1.54) is 0 Å². The largest absolute Gasteiger partial charge is 0.497 e. The summed E-state index contributed by atoms with van der Waals surface area (Å²) in [7, 11) is 1.64. The molecule has 1 aliphatic heterocycles. The van der Waals surface area contributed by atoms with Crippen LogP contribution in [0.3, 0.4) is 0 Å². The average molecular weight is 543 g/mol. The molecule has 0 unspecified atom stereocenters. The van der Waals surface area contributed by atoms with Crippen molar-refractivity contribution in [2.45, 2.75) is 13.8 Å². The summed E-state index contributed by atoms with van der Waals surface area (Å²) >= 11 is 6.15. The number of benzene rings is 3. The van der Waals surface area contributed by atoms with Crippen LogP contribution >= 0.6 is 11.6 Å². The second kappa shape index (κ2) is 11.3. The second-order valence-corrected chi connectivity index (χ2v) is 10.1. The van der Waals surface area contributed by atoms with Gasteiger partial charge in [-0.05, 0) is 67.4 Å². The van der Waals surface area contributed by atoms with Crippen LogP contribution in [-0.4, -0.2) is 59.6 Å². The number of carbonyl (C=O) groups excluding carboxylic acids is 2. The standard InChI is InChI=1S/C31H31ClN4O3/c1-21-6-4-7-25(18-21)33-31(38)35-16-14-34(15-17-35)30(37)28-20-29(23-10-12-24(32)13-11-23)36(22(28)2)26-8-5-9-27(19-26)39-3/h4-13,18-20H,14-17H2,1-3H3,(H,33,38). The number of methoxy groups -OCH3 is 1. The topological polar surface area (TPSA) is 66.8 Å². The first kappa shape index (κ1) is 26.4. The summed E-state index contributed by atoms with van der Waals surface area (Å²) in [5.41, 5.74) is 6.03. The zero-order valence-electron chi connectivity index (χ0n) is 22.3. The molecule has 1 saturated heterocycles. The molecule has 1 fully saturated rings. The van der Waals surface area contributed by atoms with Crippen molar-refractivity contribution >= 4 is 29.2 Å². The van der Waals surface area contributed by atoms with Gasteiger partial charge in [-0.1, -0.05) is 41.9 Å². The maximum absolute atomic E-state index is 13.8. The quantitative estimate of drug-likeness (QED) is 0.317. The third kappa shape index (κ3) is 5.64. The van der Waals surface area contributed by atoms with Crippen LogP contribution in [0.5, 0.6) is 5.75 Å². The first-order valence-corrected chi connectivity index (χ1v) is 13.3. The SMILES string of the molecule is COc1cccc(-n2c(-c3ccc(Cl)cc3)cc(C(=O)N3CCN(C(=O)Nc4cccc(C)c4)CC3)c2C)c1. The van der Waals surface area contributed by atoms with E-state index in [0.29, 0.717) is 36.8 Å². The number of hydrogen-bond acceptors (Lipinski definition) is 3. The molecule has 3 aromatic carbocycles. The van der Waals surface area contributed by atoms with Gasteiger partial charge in [0.25, 0.3) is 5.91 Å². The minimum absolute atomic E-state index is 0.0527. The molecular weight excluding hydrogens is 512 g/mol. The molecule has 1 N–H and O–H groups in total. The lowest BCUT2D eigenvalue weighted by Crippen LogP contribution is -2.51. The van der Waals surface area contributed by atoms with Crippen LogP contribution in [0.2, 0.25) is 5.02 Å². The van der Waals surface area contributed by atoms with Crippen molar-refractivity contribution in [3.8, 4) is 22.7 Å². The van der Waals surface area contributed by atoms with Gasteiger partial charge in [-0.2, -0.15) is 0 Å². The number of piperazine rings is 1. The summed E-state index contributed by atoms with van der Waals surface area (Å²) < 4.78 is 7.53. The molecule has 4 aromatic rings. The molecule has 7 nitrogen and oxygen atoms in total. The maximum atomic E-state index is 13.8. The van der Waals surface area contributed by atoms with Crippen molar-refractivity contribution in [3.63, 3.8) is 0 Å². The minimum Gasteiger partial charge on any atom is -0.497 e. The Morgan fingerprint density at radius 3 is 2.23 bits per heavy atom. The van der Waals surface area contributed by atoms with E-state index in [0.717, 1.165) is 39.6 Å². The van der Waals surface area contributed by atoms with Crippen molar-refractivity contribution in [2.75, 3.05) is 38.6 Å². The van der Waals surface area contributed by atoms with Crippen LogP contribution in [0.15, 0.2) is 78.9 Å². The molecule has 3 amide bonds. The predicted molar refractivity (Wildman–Crippen MR) is 155 cm³/mol. The molecule has 2 heterocycles. The van der Waals surface area contributed by atoms with Crippen LogP contribution < -0.4 is 10.1 Å². The third-order valence-electron chi connectivity index (χ3n) is 7.05. The number of carbonyl (C=O) groups is 2. The smallest absolute Gasteiger partial charge is 0.321 e. The molecule has 0 bridgehead atoms. The van der Waals surface area contributed by atoms with Gasteiger partial charge in [0.2, 0.25) is 0 Å². The first-order chi connectivity index (χ1) is 18.8. The fourth-order valence-corrected chi connectivity index (χ4v) is 5.07. The number of nitrogens with zero attached hydrogens (tertiary/aromatic N) is 3. The number of hydrogen-bond donors (Lipinski definition) is 1. The van der Waals surface area contributed by atoms with Crippen molar-refractivity contribution in [2.24, 2.45) is 0 Å². The number of aryl methyl sites for hydroxylation is 1. The van der Waals surface area contributed by atoms with Gasteiger partial charge in [0.15, 0.2) is 0 Å². The average Bonchev–Trinajstić information content (AvgIpc) is 3.30. The molecule has 0 saturated carbocycles. The van der Waals surface area contributed by atoms with Crippen LogP contribution in [0.25, 0.3) is 16.9 Å². The van der Waals surface area contributed by atoms with Crippen LogP contribution in [0.1, 0.15) is 21.6 Å². The number of anilines is 1. The number of aromatic nitrogens is 1. The van der Waals surface area contributed by atoms with Gasteiger partial charge in [0.1, 0.15) is 5.75 Å². The van der Waals surface area contributed by atoms with Gasteiger partial charge in [-0.15, -0.1) is 0 Å². The summed E-state index contributed by atoms with van der Waals surface area (Å²) in [6.07, 6.45) is 0. The molecule has 0 atom stereocenters. The van der Waals surface area contributed by atoms with E-state index in [2.05, 4.69) is 9.88 Å². The molecule has 1 aromatic heterocycles. The Kier molecular flexibility index (Phi) is 7.61. The van der Waals surface area contributed by atoms with Gasteiger partial charge in [-0.25, -0.2) is 4.79 Å². The Bertz CT molecular complexity index is 1500. The van der Waals surface area contributed by atoms with Crippen molar-refractivity contribution in [3.05, 3.63) is 101 Å². The summed E-state index contributed by atoms with van der Waals surface area (Å²) in [5, 5.41) is 3.61. The number of nitrogens with one attached hydrogen (secondary N) is 1. The summed E-state index contributed by atoms with van der Waals surface area (Å²) in [5.74, 6) is 0.679. The lowest BCUT2D eigenvalue weighted by Gasteiger charge is -2.34. The zero-order chi connectivity index (χ0) is 27.5. The van der Waals surface area contributed by atoms with Crippen LogP contribution in [0, 0.1) is 13.8 Å². The molecule has 0 spiro atoms. The Morgan fingerprint density at radius 2 is 1.54 bits per heavy atom. The minimum atomic E-state index is -0.155. The first-order valence-electron chi connectivity index (χ1n) is 12.9. The van der Waals surface area contributed by atoms with E-state index < -0.39 is 0 Å². The molecular formula is C31H31ClN4O3. The lowest BCUT2D eigenvalue weighted by molar-refractivity contribution is 0.0671. The number of rotatable bonds is 5. The zero-order valence-corrected chi connectivity index (χ0v) is 23.0. The molecule has 39 heavy (non-hydrogen) atoms. The highest BCUT2D eigenvalue weighted by Crippen LogP contribution is 2.32. The Morgan fingerprint density at radius 1 is 0.846 bits per heavy atom. The van der Waals surface area contributed by atoms with E-state index in [4.69, 9.17) is 16.3 Å². The molecule has 0 aliphatic carbocycles. The highest BCUT2D eigenvalue weighted by Gasteiger charge is 2.28. The number of halogens is 1. The fourth-order valence-electron chi connectivity index (χ4n) is 4.95. The van der Waals surface area contributed by atoms with Gasteiger partial charge in [0.05, 0.1) is 18.4 Å². The van der Waals surface area contributed by atoms with E-state index in [1.54, 1.807) is 12.0 Å². The number of amides is 3. The normalized spacial score (nSPS) is 13.3. The highest BCUT2D eigenvalue weighted by molar-refractivity contribution is 6.30. The monoisotopic (exact) mass is 542 g/mol. The van der Waals surface area contributed by atoms with Crippen molar-refractivity contribution in [1.29, 1.82) is 0 Å². The molecule has 5 rings (SSSR count). The lowest BCUT2D eigenvalue weighted by atomic mass is 10.1. The summed E-state index contributed by atoms with van der Waals surface area (Å²) in [4.78, 5) is 30.2. The fraction of sp³-hybridized carbons (Fsp3) is 0.226. The third-order valence-corrected chi connectivity index (χ3v) is 7.30. The van der Waals surface area contributed by atoms with Gasteiger partial charge in [0, 0.05) is 54.3 Å².